The highest BCUT2D eigenvalue weighted by atomic mass is 16.5. The number of fused-ring (bicyclic) bond motifs is 1. The number of benzene rings is 2. The fraction of sp³-hybridized carbons (Fsp3) is 0.391. The average molecular weight is 394 g/mol. The van der Waals surface area contributed by atoms with Crippen LogP contribution >= 0.6 is 0 Å². The summed E-state index contributed by atoms with van der Waals surface area (Å²) in [6.45, 7) is 3.35. The van der Waals surface area contributed by atoms with Crippen LogP contribution in [0.5, 0.6) is 5.75 Å². The Morgan fingerprint density at radius 2 is 1.83 bits per heavy atom. The SMILES string of the molecule is COc1ccc(C2(C(=O)Nc3ccc4c(c3)N(C(C)=O)CC4)CCOCC2)cc1. The summed E-state index contributed by atoms with van der Waals surface area (Å²) < 4.78 is 10.8. The molecule has 6 heteroatoms. The van der Waals surface area contributed by atoms with Gasteiger partial charge in [0.2, 0.25) is 11.8 Å². The number of carbonyl (C=O) groups excluding carboxylic acids is 2. The summed E-state index contributed by atoms with van der Waals surface area (Å²) in [6.07, 6.45) is 2.08. The van der Waals surface area contributed by atoms with Crippen LogP contribution in [0.15, 0.2) is 42.5 Å². The van der Waals surface area contributed by atoms with Gasteiger partial charge in [0, 0.05) is 38.1 Å². The second-order valence-corrected chi connectivity index (χ2v) is 7.64. The highest BCUT2D eigenvalue weighted by molar-refractivity contribution is 6.01. The zero-order valence-electron chi connectivity index (χ0n) is 16.9. The van der Waals surface area contributed by atoms with E-state index < -0.39 is 5.41 Å². The van der Waals surface area contributed by atoms with Crippen molar-refractivity contribution in [2.75, 3.05) is 37.1 Å². The third-order valence-electron chi connectivity index (χ3n) is 6.04. The van der Waals surface area contributed by atoms with Crippen molar-refractivity contribution in [3.05, 3.63) is 53.6 Å². The Morgan fingerprint density at radius 3 is 2.48 bits per heavy atom. The average Bonchev–Trinajstić information content (AvgIpc) is 3.18. The Morgan fingerprint density at radius 1 is 1.10 bits per heavy atom. The van der Waals surface area contributed by atoms with Crippen LogP contribution < -0.4 is 15.0 Å². The summed E-state index contributed by atoms with van der Waals surface area (Å²) in [4.78, 5) is 27.1. The normalized spacial score (nSPS) is 17.5. The van der Waals surface area contributed by atoms with Crippen molar-refractivity contribution in [2.45, 2.75) is 31.6 Å². The molecule has 0 bridgehead atoms. The Kier molecular flexibility index (Phi) is 5.28. The van der Waals surface area contributed by atoms with Gasteiger partial charge in [0.1, 0.15) is 5.75 Å². The molecule has 2 amide bonds. The molecule has 6 nitrogen and oxygen atoms in total. The maximum Gasteiger partial charge on any atom is 0.235 e. The number of nitrogens with zero attached hydrogens (tertiary/aromatic N) is 1. The van der Waals surface area contributed by atoms with Gasteiger partial charge in [-0.2, -0.15) is 0 Å². The topological polar surface area (TPSA) is 67.9 Å². The van der Waals surface area contributed by atoms with Crippen molar-refractivity contribution < 1.29 is 19.1 Å². The third kappa shape index (κ3) is 3.60. The van der Waals surface area contributed by atoms with E-state index >= 15 is 0 Å². The number of ether oxygens (including phenoxy) is 2. The zero-order valence-corrected chi connectivity index (χ0v) is 16.9. The first-order valence-corrected chi connectivity index (χ1v) is 9.98. The second kappa shape index (κ2) is 7.87. The Labute approximate surface area is 170 Å². The fourth-order valence-corrected chi connectivity index (χ4v) is 4.31. The lowest BCUT2D eigenvalue weighted by molar-refractivity contribution is -0.125. The molecule has 0 aliphatic carbocycles. The molecular weight excluding hydrogens is 368 g/mol. The van der Waals surface area contributed by atoms with Gasteiger partial charge in [0.15, 0.2) is 0 Å². The predicted molar refractivity (Wildman–Crippen MR) is 112 cm³/mol. The van der Waals surface area contributed by atoms with Gasteiger partial charge in [-0.1, -0.05) is 18.2 Å². The summed E-state index contributed by atoms with van der Waals surface area (Å²) in [5.74, 6) is 0.740. The minimum Gasteiger partial charge on any atom is -0.497 e. The van der Waals surface area contributed by atoms with Gasteiger partial charge in [0.25, 0.3) is 0 Å². The van der Waals surface area contributed by atoms with E-state index in [9.17, 15) is 9.59 Å². The monoisotopic (exact) mass is 394 g/mol. The quantitative estimate of drug-likeness (QED) is 0.864. The second-order valence-electron chi connectivity index (χ2n) is 7.64. The maximum absolute atomic E-state index is 13.5. The smallest absolute Gasteiger partial charge is 0.235 e. The first-order chi connectivity index (χ1) is 14.0. The maximum atomic E-state index is 13.5. The van der Waals surface area contributed by atoms with E-state index in [1.54, 1.807) is 18.9 Å². The summed E-state index contributed by atoms with van der Waals surface area (Å²) in [5, 5.41) is 3.11. The van der Waals surface area contributed by atoms with E-state index in [1.807, 2.05) is 42.5 Å². The summed E-state index contributed by atoms with van der Waals surface area (Å²) in [5.41, 5.74) is 3.05. The zero-order chi connectivity index (χ0) is 20.4. The lowest BCUT2D eigenvalue weighted by Gasteiger charge is -2.36. The molecule has 0 aromatic heterocycles. The number of hydrogen-bond acceptors (Lipinski definition) is 4. The molecule has 2 heterocycles. The van der Waals surface area contributed by atoms with Crippen LogP contribution in [0, 0.1) is 0 Å². The van der Waals surface area contributed by atoms with Crippen LogP contribution in [0.1, 0.15) is 30.9 Å². The third-order valence-corrected chi connectivity index (χ3v) is 6.04. The van der Waals surface area contributed by atoms with Gasteiger partial charge in [0.05, 0.1) is 12.5 Å². The van der Waals surface area contributed by atoms with Gasteiger partial charge in [-0.15, -0.1) is 0 Å². The molecule has 2 aliphatic rings. The van der Waals surface area contributed by atoms with Crippen LogP contribution in [0.25, 0.3) is 0 Å². The molecule has 1 fully saturated rings. The summed E-state index contributed by atoms with van der Waals surface area (Å²) >= 11 is 0. The number of rotatable bonds is 4. The highest BCUT2D eigenvalue weighted by Crippen LogP contribution is 2.38. The fourth-order valence-electron chi connectivity index (χ4n) is 4.31. The summed E-state index contributed by atoms with van der Waals surface area (Å²) in [6, 6.07) is 13.5. The molecule has 0 spiro atoms. The number of nitrogens with one attached hydrogen (secondary N) is 1. The summed E-state index contributed by atoms with van der Waals surface area (Å²) in [7, 11) is 1.63. The highest BCUT2D eigenvalue weighted by Gasteiger charge is 2.42. The van der Waals surface area contributed by atoms with Crippen molar-refractivity contribution in [1.82, 2.24) is 0 Å². The number of amides is 2. The lowest BCUT2D eigenvalue weighted by atomic mass is 9.73. The number of anilines is 2. The van der Waals surface area contributed by atoms with Crippen LogP contribution in [-0.4, -0.2) is 38.7 Å². The molecule has 0 atom stereocenters. The molecule has 0 radical (unpaired) electrons. The Hall–Kier alpha value is -2.86. The van der Waals surface area contributed by atoms with Crippen LogP contribution in [0.4, 0.5) is 11.4 Å². The lowest BCUT2D eigenvalue weighted by Crippen LogP contribution is -2.44. The van der Waals surface area contributed by atoms with Gasteiger partial charge in [-0.05, 0) is 54.7 Å². The molecule has 1 N–H and O–H groups in total. The van der Waals surface area contributed by atoms with Gasteiger partial charge < -0.3 is 19.7 Å². The van der Waals surface area contributed by atoms with E-state index in [-0.39, 0.29) is 11.8 Å². The number of methoxy groups -OCH3 is 1. The minimum atomic E-state index is -0.649. The standard InChI is InChI=1S/C23H26N2O4/c1-16(26)25-12-9-17-3-6-19(15-21(17)25)24-22(27)23(10-13-29-14-11-23)18-4-7-20(28-2)8-5-18/h3-8,15H,9-14H2,1-2H3,(H,24,27). The molecule has 0 unspecified atom stereocenters. The van der Waals surface area contributed by atoms with Crippen molar-refractivity contribution in [3.63, 3.8) is 0 Å². The first kappa shape index (κ1) is 19.5. The van der Waals surface area contributed by atoms with Crippen LogP contribution in [-0.2, 0) is 26.2 Å². The van der Waals surface area contributed by atoms with Gasteiger partial charge in [-0.25, -0.2) is 0 Å². The molecule has 2 aromatic carbocycles. The molecule has 4 rings (SSSR count). The molecule has 2 aromatic rings. The molecule has 29 heavy (non-hydrogen) atoms. The Balaban J connectivity index is 1.62. The van der Waals surface area contributed by atoms with Gasteiger partial charge in [-0.3, -0.25) is 9.59 Å². The van der Waals surface area contributed by atoms with Crippen molar-refractivity contribution in [2.24, 2.45) is 0 Å². The van der Waals surface area contributed by atoms with E-state index in [2.05, 4.69) is 5.32 Å². The minimum absolute atomic E-state index is 0.0198. The van der Waals surface area contributed by atoms with Crippen LogP contribution in [0.2, 0.25) is 0 Å². The van der Waals surface area contributed by atoms with Crippen molar-refractivity contribution in [1.29, 1.82) is 0 Å². The van der Waals surface area contributed by atoms with Crippen molar-refractivity contribution in [3.8, 4) is 5.75 Å². The van der Waals surface area contributed by atoms with E-state index in [4.69, 9.17) is 9.47 Å². The van der Waals surface area contributed by atoms with Gasteiger partial charge >= 0.3 is 0 Å². The van der Waals surface area contributed by atoms with E-state index in [1.165, 1.54) is 0 Å². The molecule has 1 saturated heterocycles. The number of hydrogen-bond donors (Lipinski definition) is 1. The Bertz CT molecular complexity index is 917. The first-order valence-electron chi connectivity index (χ1n) is 9.98. The van der Waals surface area contributed by atoms with Crippen LogP contribution in [0.3, 0.4) is 0 Å². The van der Waals surface area contributed by atoms with Crippen molar-refractivity contribution >= 4 is 23.2 Å². The number of carbonyl (C=O) groups is 2. The molecule has 152 valence electrons. The van der Waals surface area contributed by atoms with E-state index in [0.29, 0.717) is 38.3 Å². The molecule has 0 saturated carbocycles. The largest absolute Gasteiger partial charge is 0.497 e. The molecule has 2 aliphatic heterocycles. The predicted octanol–water partition coefficient (Wildman–Crippen LogP) is 3.29. The van der Waals surface area contributed by atoms with E-state index in [0.717, 1.165) is 29.0 Å². The molecular formula is C23H26N2O4.